The number of aromatic nitrogens is 4. The Morgan fingerprint density at radius 2 is 1.84 bits per heavy atom. The first-order valence-electron chi connectivity index (χ1n) is 10.5. The third-order valence-electron chi connectivity index (χ3n) is 5.91. The van der Waals surface area contributed by atoms with E-state index in [-0.39, 0.29) is 18.0 Å². The summed E-state index contributed by atoms with van der Waals surface area (Å²) in [4.78, 5) is 45.9. The standard InChI is InChI=1S/C21H26ClN7O3/c1-4-27-7-9-28(10-8-27)16-6-5-14(11-15(16)22)24-17(30)12-29-13-23-18-19(29)25(2)21(32)26(3)20(18)31/h5-6,11,13H,4,7-10,12H2,1-3H3,(H,24,30). The first-order valence-corrected chi connectivity index (χ1v) is 10.9. The van der Waals surface area contributed by atoms with Crippen molar-refractivity contribution in [2.45, 2.75) is 13.5 Å². The zero-order valence-electron chi connectivity index (χ0n) is 18.3. The van der Waals surface area contributed by atoms with Crippen LogP contribution in [0.25, 0.3) is 11.2 Å². The summed E-state index contributed by atoms with van der Waals surface area (Å²) in [7, 11) is 2.94. The number of aryl methyl sites for hydroxylation is 1. The van der Waals surface area contributed by atoms with Crippen LogP contribution in [0.1, 0.15) is 6.92 Å². The van der Waals surface area contributed by atoms with Crippen molar-refractivity contribution >= 4 is 40.0 Å². The summed E-state index contributed by atoms with van der Waals surface area (Å²) in [6.45, 7) is 6.91. The van der Waals surface area contributed by atoms with Crippen molar-refractivity contribution in [1.29, 1.82) is 0 Å². The summed E-state index contributed by atoms with van der Waals surface area (Å²) >= 11 is 6.51. The lowest BCUT2D eigenvalue weighted by Crippen LogP contribution is -2.46. The van der Waals surface area contributed by atoms with Gasteiger partial charge in [-0.3, -0.25) is 18.7 Å². The number of imidazole rings is 1. The Morgan fingerprint density at radius 3 is 2.50 bits per heavy atom. The van der Waals surface area contributed by atoms with Crippen LogP contribution in [0.3, 0.4) is 0 Å². The third-order valence-corrected chi connectivity index (χ3v) is 6.22. The number of carbonyl (C=O) groups excluding carboxylic acids is 1. The number of rotatable bonds is 5. The molecule has 0 bridgehead atoms. The molecule has 3 aromatic rings. The minimum absolute atomic E-state index is 0.102. The summed E-state index contributed by atoms with van der Waals surface area (Å²) in [6.07, 6.45) is 1.39. The number of piperazine rings is 1. The van der Waals surface area contributed by atoms with Gasteiger partial charge in [-0.2, -0.15) is 0 Å². The molecule has 1 N–H and O–H groups in total. The average molecular weight is 460 g/mol. The topological polar surface area (TPSA) is 97.4 Å². The second-order valence-corrected chi connectivity index (χ2v) is 8.29. The van der Waals surface area contributed by atoms with Gasteiger partial charge in [0, 0.05) is 46.0 Å². The summed E-state index contributed by atoms with van der Waals surface area (Å²) < 4.78 is 3.78. The minimum atomic E-state index is -0.496. The minimum Gasteiger partial charge on any atom is -0.368 e. The summed E-state index contributed by atoms with van der Waals surface area (Å²) in [5.41, 5.74) is 0.985. The van der Waals surface area contributed by atoms with E-state index < -0.39 is 11.2 Å². The van der Waals surface area contributed by atoms with Crippen LogP contribution in [-0.4, -0.2) is 62.2 Å². The number of fused-ring (bicyclic) bond motifs is 1. The number of likely N-dealkylation sites (N-methyl/N-ethyl adjacent to an activating group) is 1. The van der Waals surface area contributed by atoms with E-state index in [1.54, 1.807) is 13.1 Å². The maximum absolute atomic E-state index is 12.6. The molecule has 4 rings (SSSR count). The van der Waals surface area contributed by atoms with E-state index >= 15 is 0 Å². The van der Waals surface area contributed by atoms with Crippen molar-refractivity contribution in [2.24, 2.45) is 14.1 Å². The van der Waals surface area contributed by atoms with Crippen LogP contribution in [0.4, 0.5) is 11.4 Å². The van der Waals surface area contributed by atoms with Gasteiger partial charge >= 0.3 is 5.69 Å². The number of benzene rings is 1. The number of hydrogen-bond donors (Lipinski definition) is 1. The Bertz CT molecular complexity index is 1290. The molecule has 1 fully saturated rings. The molecular weight excluding hydrogens is 434 g/mol. The lowest BCUT2D eigenvalue weighted by Gasteiger charge is -2.36. The number of nitrogens with one attached hydrogen (secondary N) is 1. The lowest BCUT2D eigenvalue weighted by atomic mass is 10.2. The van der Waals surface area contributed by atoms with E-state index in [9.17, 15) is 14.4 Å². The van der Waals surface area contributed by atoms with Crippen molar-refractivity contribution in [3.63, 3.8) is 0 Å². The molecule has 0 atom stereocenters. The second kappa shape index (κ2) is 8.79. The Balaban J connectivity index is 1.49. The number of carbonyl (C=O) groups is 1. The molecule has 1 amide bonds. The highest BCUT2D eigenvalue weighted by Crippen LogP contribution is 2.29. The lowest BCUT2D eigenvalue weighted by molar-refractivity contribution is -0.116. The first kappa shape index (κ1) is 22.1. The van der Waals surface area contributed by atoms with Crippen LogP contribution in [0.5, 0.6) is 0 Å². The molecule has 0 unspecified atom stereocenters. The molecule has 1 aliphatic rings. The second-order valence-electron chi connectivity index (χ2n) is 7.89. The zero-order chi connectivity index (χ0) is 23.0. The van der Waals surface area contributed by atoms with Crippen LogP contribution in [0.15, 0.2) is 34.1 Å². The molecule has 1 saturated heterocycles. The van der Waals surface area contributed by atoms with E-state index in [2.05, 4.69) is 27.0 Å². The molecule has 0 aliphatic carbocycles. The maximum atomic E-state index is 12.6. The first-order chi connectivity index (χ1) is 15.3. The Kier molecular flexibility index (Phi) is 6.07. The monoisotopic (exact) mass is 459 g/mol. The highest BCUT2D eigenvalue weighted by Gasteiger charge is 2.19. The fourth-order valence-electron chi connectivity index (χ4n) is 4.06. The third kappa shape index (κ3) is 4.03. The van der Waals surface area contributed by atoms with Crippen molar-refractivity contribution < 1.29 is 4.79 Å². The predicted molar refractivity (Wildman–Crippen MR) is 125 cm³/mol. The fraction of sp³-hybridized carbons (Fsp3) is 0.429. The molecular formula is C21H26ClN7O3. The summed E-state index contributed by atoms with van der Waals surface area (Å²) in [5, 5.41) is 3.40. The van der Waals surface area contributed by atoms with Gasteiger partial charge in [-0.15, -0.1) is 0 Å². The maximum Gasteiger partial charge on any atom is 0.332 e. The SMILES string of the molecule is CCN1CCN(c2ccc(NC(=O)Cn3cnc4c(=O)n(C)c(=O)n(C)c43)cc2Cl)CC1. The Hall–Kier alpha value is -3.11. The quantitative estimate of drug-likeness (QED) is 0.608. The van der Waals surface area contributed by atoms with Crippen molar-refractivity contribution in [2.75, 3.05) is 42.9 Å². The molecule has 2 aromatic heterocycles. The largest absolute Gasteiger partial charge is 0.368 e. The molecule has 32 heavy (non-hydrogen) atoms. The van der Waals surface area contributed by atoms with E-state index in [4.69, 9.17) is 11.6 Å². The van der Waals surface area contributed by atoms with Crippen molar-refractivity contribution in [3.8, 4) is 0 Å². The molecule has 11 heteroatoms. The number of nitrogens with zero attached hydrogens (tertiary/aromatic N) is 6. The van der Waals surface area contributed by atoms with E-state index in [0.717, 1.165) is 43.0 Å². The summed E-state index contributed by atoms with van der Waals surface area (Å²) in [5.74, 6) is -0.321. The molecule has 1 aromatic carbocycles. The van der Waals surface area contributed by atoms with Gasteiger partial charge in [-0.05, 0) is 24.7 Å². The van der Waals surface area contributed by atoms with Gasteiger partial charge in [0.15, 0.2) is 5.52 Å². The van der Waals surface area contributed by atoms with Gasteiger partial charge in [0.25, 0.3) is 5.56 Å². The van der Waals surface area contributed by atoms with E-state index in [1.165, 1.54) is 22.5 Å². The molecule has 3 heterocycles. The smallest absolute Gasteiger partial charge is 0.332 e. The Morgan fingerprint density at radius 1 is 1.12 bits per heavy atom. The van der Waals surface area contributed by atoms with Gasteiger partial charge < -0.3 is 19.7 Å². The van der Waals surface area contributed by atoms with Gasteiger partial charge in [0.2, 0.25) is 5.91 Å². The van der Waals surface area contributed by atoms with Crippen LogP contribution < -0.4 is 21.5 Å². The molecule has 10 nitrogen and oxygen atoms in total. The predicted octanol–water partition coefficient (Wildman–Crippen LogP) is 0.868. The van der Waals surface area contributed by atoms with Crippen LogP contribution >= 0.6 is 11.6 Å². The normalized spacial score (nSPS) is 14.8. The van der Waals surface area contributed by atoms with Crippen LogP contribution in [0, 0.1) is 0 Å². The highest BCUT2D eigenvalue weighted by molar-refractivity contribution is 6.33. The molecule has 0 radical (unpaired) electrons. The van der Waals surface area contributed by atoms with Gasteiger partial charge in [-0.1, -0.05) is 18.5 Å². The zero-order valence-corrected chi connectivity index (χ0v) is 19.1. The number of halogens is 1. The van der Waals surface area contributed by atoms with Crippen molar-refractivity contribution in [1.82, 2.24) is 23.6 Å². The molecule has 170 valence electrons. The summed E-state index contributed by atoms with van der Waals surface area (Å²) in [6, 6.07) is 5.47. The van der Waals surface area contributed by atoms with Crippen molar-refractivity contribution in [3.05, 3.63) is 50.4 Å². The number of anilines is 2. The molecule has 0 spiro atoms. The molecule has 0 saturated carbocycles. The van der Waals surface area contributed by atoms with E-state index in [1.807, 2.05) is 12.1 Å². The van der Waals surface area contributed by atoms with E-state index in [0.29, 0.717) is 16.4 Å². The van der Waals surface area contributed by atoms with Crippen LogP contribution in [0.2, 0.25) is 5.02 Å². The van der Waals surface area contributed by atoms with Crippen LogP contribution in [-0.2, 0) is 25.4 Å². The highest BCUT2D eigenvalue weighted by atomic mass is 35.5. The Labute approximate surface area is 189 Å². The number of amides is 1. The fourth-order valence-corrected chi connectivity index (χ4v) is 4.36. The average Bonchev–Trinajstić information content (AvgIpc) is 3.20. The van der Waals surface area contributed by atoms with Gasteiger partial charge in [0.1, 0.15) is 12.2 Å². The number of hydrogen-bond acceptors (Lipinski definition) is 6. The van der Waals surface area contributed by atoms with Gasteiger partial charge in [0.05, 0.1) is 17.0 Å². The van der Waals surface area contributed by atoms with Gasteiger partial charge in [-0.25, -0.2) is 9.78 Å². The molecule has 1 aliphatic heterocycles.